The van der Waals surface area contributed by atoms with Gasteiger partial charge in [0.2, 0.25) is 10.0 Å². The van der Waals surface area contributed by atoms with E-state index >= 15 is 0 Å². The van der Waals surface area contributed by atoms with Gasteiger partial charge in [0.15, 0.2) is 0 Å². The molecule has 14 heavy (non-hydrogen) atoms. The minimum Gasteiger partial charge on any atom is -0.282 e. The van der Waals surface area contributed by atoms with Crippen LogP contribution >= 0.6 is 11.6 Å². The standard InChI is InChI=1S/C8H11ClN2O2S/c1-7-4-8(6-10-5-7)11-14(12,13)3-2-9/h4-6,11H,2-3H2,1H3. The van der Waals surface area contributed by atoms with Crippen LogP contribution in [-0.4, -0.2) is 25.0 Å². The van der Waals surface area contributed by atoms with Gasteiger partial charge in [0.05, 0.1) is 17.6 Å². The summed E-state index contributed by atoms with van der Waals surface area (Å²) >= 11 is 5.35. The molecule has 78 valence electrons. The first-order valence-corrected chi connectivity index (χ1v) is 6.20. The normalized spacial score (nSPS) is 11.3. The van der Waals surface area contributed by atoms with Gasteiger partial charge in [0.25, 0.3) is 0 Å². The van der Waals surface area contributed by atoms with Crippen molar-refractivity contribution in [2.24, 2.45) is 0 Å². The zero-order chi connectivity index (χ0) is 10.6. The average molecular weight is 235 g/mol. The quantitative estimate of drug-likeness (QED) is 0.801. The predicted octanol–water partition coefficient (Wildman–Crippen LogP) is 1.37. The number of hydrogen-bond donors (Lipinski definition) is 1. The lowest BCUT2D eigenvalue weighted by Crippen LogP contribution is -2.17. The van der Waals surface area contributed by atoms with Gasteiger partial charge < -0.3 is 0 Å². The smallest absolute Gasteiger partial charge is 0.233 e. The molecule has 0 unspecified atom stereocenters. The van der Waals surface area contributed by atoms with Crippen LogP contribution < -0.4 is 4.72 Å². The maximum atomic E-state index is 11.3. The van der Waals surface area contributed by atoms with Crippen LogP contribution in [0.4, 0.5) is 5.69 Å². The monoisotopic (exact) mass is 234 g/mol. The molecule has 1 aromatic rings. The summed E-state index contributed by atoms with van der Waals surface area (Å²) in [7, 11) is -3.32. The molecule has 0 atom stereocenters. The SMILES string of the molecule is Cc1cncc(NS(=O)(=O)CCCl)c1. The highest BCUT2D eigenvalue weighted by Gasteiger charge is 2.08. The number of nitrogens with zero attached hydrogens (tertiary/aromatic N) is 1. The Morgan fingerprint density at radius 1 is 1.50 bits per heavy atom. The number of nitrogens with one attached hydrogen (secondary N) is 1. The van der Waals surface area contributed by atoms with Crippen molar-refractivity contribution in [1.82, 2.24) is 4.98 Å². The number of sulfonamides is 1. The molecule has 1 aromatic heterocycles. The highest BCUT2D eigenvalue weighted by atomic mass is 35.5. The van der Waals surface area contributed by atoms with Gasteiger partial charge in [0.1, 0.15) is 0 Å². The first-order valence-electron chi connectivity index (χ1n) is 4.01. The second-order valence-corrected chi connectivity index (χ2v) is 5.08. The maximum Gasteiger partial charge on any atom is 0.233 e. The molecular formula is C8H11ClN2O2S. The van der Waals surface area contributed by atoms with E-state index in [2.05, 4.69) is 9.71 Å². The number of rotatable bonds is 4. The number of pyridine rings is 1. The lowest BCUT2D eigenvalue weighted by atomic mass is 10.3. The van der Waals surface area contributed by atoms with Crippen LogP contribution in [0.5, 0.6) is 0 Å². The van der Waals surface area contributed by atoms with Crippen molar-refractivity contribution in [1.29, 1.82) is 0 Å². The van der Waals surface area contributed by atoms with Crippen molar-refractivity contribution in [3.05, 3.63) is 24.0 Å². The minimum absolute atomic E-state index is 0.0780. The Balaban J connectivity index is 2.79. The number of alkyl halides is 1. The van der Waals surface area contributed by atoms with E-state index in [0.29, 0.717) is 5.69 Å². The van der Waals surface area contributed by atoms with Gasteiger partial charge in [-0.05, 0) is 18.6 Å². The molecule has 0 bridgehead atoms. The molecule has 0 saturated carbocycles. The Morgan fingerprint density at radius 2 is 2.21 bits per heavy atom. The molecular weight excluding hydrogens is 224 g/mol. The third-order valence-corrected chi connectivity index (χ3v) is 3.20. The lowest BCUT2D eigenvalue weighted by molar-refractivity contribution is 0.602. The van der Waals surface area contributed by atoms with E-state index in [-0.39, 0.29) is 11.6 Å². The molecule has 4 nitrogen and oxygen atoms in total. The summed E-state index contributed by atoms with van der Waals surface area (Å²) in [4.78, 5) is 3.87. The van der Waals surface area contributed by atoms with Crippen LogP contribution in [-0.2, 0) is 10.0 Å². The molecule has 0 aliphatic rings. The van der Waals surface area contributed by atoms with E-state index in [1.807, 2.05) is 6.92 Å². The Hall–Kier alpha value is -0.810. The predicted molar refractivity (Wildman–Crippen MR) is 57.1 cm³/mol. The largest absolute Gasteiger partial charge is 0.282 e. The average Bonchev–Trinajstić information content (AvgIpc) is 2.02. The summed E-state index contributed by atoms with van der Waals surface area (Å²) in [5.41, 5.74) is 1.37. The lowest BCUT2D eigenvalue weighted by Gasteiger charge is -2.05. The Labute approximate surface area is 88.4 Å². The van der Waals surface area contributed by atoms with Gasteiger partial charge in [-0.1, -0.05) is 0 Å². The van der Waals surface area contributed by atoms with Crippen molar-refractivity contribution in [2.75, 3.05) is 16.4 Å². The maximum absolute atomic E-state index is 11.3. The van der Waals surface area contributed by atoms with E-state index in [0.717, 1.165) is 5.56 Å². The van der Waals surface area contributed by atoms with E-state index in [4.69, 9.17) is 11.6 Å². The molecule has 0 aromatic carbocycles. The molecule has 6 heteroatoms. The number of aryl methyl sites for hydroxylation is 1. The molecule has 1 rings (SSSR count). The fourth-order valence-electron chi connectivity index (χ4n) is 0.943. The zero-order valence-corrected chi connectivity index (χ0v) is 9.27. The van der Waals surface area contributed by atoms with Crippen molar-refractivity contribution in [3.63, 3.8) is 0 Å². The number of anilines is 1. The van der Waals surface area contributed by atoms with Crippen molar-refractivity contribution >= 4 is 27.3 Å². The van der Waals surface area contributed by atoms with Crippen molar-refractivity contribution in [3.8, 4) is 0 Å². The van der Waals surface area contributed by atoms with Crippen LogP contribution in [0, 0.1) is 6.92 Å². The fourth-order valence-corrected chi connectivity index (χ4v) is 2.33. The van der Waals surface area contributed by atoms with E-state index in [1.165, 1.54) is 6.20 Å². The summed E-state index contributed by atoms with van der Waals surface area (Å²) in [6, 6.07) is 1.71. The Kier molecular flexibility index (Phi) is 3.71. The molecule has 1 heterocycles. The summed E-state index contributed by atoms with van der Waals surface area (Å²) in [6.07, 6.45) is 3.11. The highest BCUT2D eigenvalue weighted by molar-refractivity contribution is 7.92. The topological polar surface area (TPSA) is 59.1 Å². The molecule has 0 radical (unpaired) electrons. The Morgan fingerprint density at radius 3 is 2.79 bits per heavy atom. The molecule has 0 aliphatic carbocycles. The molecule has 0 saturated heterocycles. The fraction of sp³-hybridized carbons (Fsp3) is 0.375. The molecule has 1 N–H and O–H groups in total. The third-order valence-electron chi connectivity index (χ3n) is 1.49. The first-order chi connectivity index (χ1) is 6.53. The molecule has 0 amide bonds. The number of halogens is 1. The second-order valence-electron chi connectivity index (χ2n) is 2.86. The third kappa shape index (κ3) is 3.51. The van der Waals surface area contributed by atoms with Crippen LogP contribution in [0.2, 0.25) is 0 Å². The molecule has 0 spiro atoms. The second kappa shape index (κ2) is 4.61. The van der Waals surface area contributed by atoms with E-state index in [1.54, 1.807) is 12.3 Å². The summed E-state index contributed by atoms with van der Waals surface area (Å²) in [5.74, 6) is -0.0168. The summed E-state index contributed by atoms with van der Waals surface area (Å²) in [5, 5.41) is 0. The van der Waals surface area contributed by atoms with Crippen LogP contribution in [0.25, 0.3) is 0 Å². The van der Waals surface area contributed by atoms with Gasteiger partial charge in [-0.25, -0.2) is 8.42 Å². The molecule has 0 fully saturated rings. The minimum atomic E-state index is -3.32. The van der Waals surface area contributed by atoms with Gasteiger partial charge >= 0.3 is 0 Å². The summed E-state index contributed by atoms with van der Waals surface area (Å²) < 4.78 is 25.0. The van der Waals surface area contributed by atoms with Gasteiger partial charge in [0, 0.05) is 12.1 Å². The van der Waals surface area contributed by atoms with E-state index in [9.17, 15) is 8.42 Å². The van der Waals surface area contributed by atoms with Crippen LogP contribution in [0.15, 0.2) is 18.5 Å². The van der Waals surface area contributed by atoms with Crippen molar-refractivity contribution < 1.29 is 8.42 Å². The zero-order valence-electron chi connectivity index (χ0n) is 7.70. The van der Waals surface area contributed by atoms with Gasteiger partial charge in [-0.15, -0.1) is 11.6 Å². The van der Waals surface area contributed by atoms with Crippen LogP contribution in [0.1, 0.15) is 5.56 Å². The van der Waals surface area contributed by atoms with E-state index < -0.39 is 10.0 Å². The highest BCUT2D eigenvalue weighted by Crippen LogP contribution is 2.09. The summed E-state index contributed by atoms with van der Waals surface area (Å²) in [6.45, 7) is 1.84. The van der Waals surface area contributed by atoms with Gasteiger partial charge in [-0.3, -0.25) is 9.71 Å². The Bertz CT molecular complexity index is 406. The molecule has 0 aliphatic heterocycles. The first kappa shape index (κ1) is 11.3. The van der Waals surface area contributed by atoms with Gasteiger partial charge in [-0.2, -0.15) is 0 Å². The number of aromatic nitrogens is 1. The van der Waals surface area contributed by atoms with Crippen molar-refractivity contribution in [2.45, 2.75) is 6.92 Å². The number of hydrogen-bond acceptors (Lipinski definition) is 3. The van der Waals surface area contributed by atoms with Crippen LogP contribution in [0.3, 0.4) is 0 Å².